The van der Waals surface area contributed by atoms with Gasteiger partial charge in [0.1, 0.15) is 11.6 Å². The normalized spacial score (nSPS) is 15.2. The lowest BCUT2D eigenvalue weighted by atomic mass is 9.96. The first-order chi connectivity index (χ1) is 14.9. The van der Waals surface area contributed by atoms with Gasteiger partial charge in [0.15, 0.2) is 0 Å². The minimum atomic E-state index is -0.246. The van der Waals surface area contributed by atoms with Crippen LogP contribution in [0.1, 0.15) is 18.7 Å². The Morgan fingerprint density at radius 2 is 1.90 bits per heavy atom. The zero-order valence-corrected chi connectivity index (χ0v) is 18.1. The molecule has 1 N–H and O–H groups in total. The first-order valence-electron chi connectivity index (χ1n) is 10.4. The Labute approximate surface area is 181 Å². The third-order valence-electron chi connectivity index (χ3n) is 6.03. The van der Waals surface area contributed by atoms with E-state index in [0.29, 0.717) is 31.7 Å². The molecule has 1 aliphatic heterocycles. The van der Waals surface area contributed by atoms with Crippen molar-refractivity contribution < 1.29 is 14.3 Å². The molecule has 1 amide bonds. The van der Waals surface area contributed by atoms with Crippen molar-refractivity contribution in [3.8, 4) is 11.3 Å². The molecule has 1 aliphatic rings. The van der Waals surface area contributed by atoms with Crippen LogP contribution >= 0.6 is 0 Å². The van der Waals surface area contributed by atoms with E-state index in [1.54, 1.807) is 6.20 Å². The van der Waals surface area contributed by atoms with E-state index in [0.717, 1.165) is 27.9 Å². The Hall–Kier alpha value is -3.26. The maximum Gasteiger partial charge on any atom is 0.319 e. The Balaban J connectivity index is 1.44. The second kappa shape index (κ2) is 8.85. The molecule has 0 radical (unpaired) electrons. The summed E-state index contributed by atoms with van der Waals surface area (Å²) in [7, 11) is 3.39. The summed E-state index contributed by atoms with van der Waals surface area (Å²) in [5, 5.41) is 4.99. The molecule has 31 heavy (non-hydrogen) atoms. The maximum atomic E-state index is 12.8. The number of ether oxygens (including phenoxy) is 1. The molecule has 1 aromatic carbocycles. The molecule has 0 unspecified atom stereocenters. The number of aromatic nitrogens is 3. The van der Waals surface area contributed by atoms with Gasteiger partial charge in [0, 0.05) is 30.1 Å². The van der Waals surface area contributed by atoms with Crippen molar-refractivity contribution in [2.45, 2.75) is 19.8 Å². The van der Waals surface area contributed by atoms with Gasteiger partial charge < -0.3 is 14.6 Å². The number of hydrogen-bond acceptors (Lipinski definition) is 6. The van der Waals surface area contributed by atoms with Crippen LogP contribution in [-0.2, 0) is 21.4 Å². The fourth-order valence-corrected chi connectivity index (χ4v) is 3.97. The quantitative estimate of drug-likeness (QED) is 0.637. The number of carbonyl (C=O) groups is 2. The molecule has 0 saturated carbocycles. The third kappa shape index (κ3) is 4.59. The largest absolute Gasteiger partial charge is 0.468 e. The Morgan fingerprint density at radius 3 is 2.58 bits per heavy atom. The van der Waals surface area contributed by atoms with Gasteiger partial charge in [-0.1, -0.05) is 12.1 Å². The number of piperidine rings is 1. The summed E-state index contributed by atoms with van der Waals surface area (Å²) in [5.74, 6) is 1.14. The number of nitrogens with zero attached hydrogens (tertiary/aromatic N) is 4. The van der Waals surface area contributed by atoms with Gasteiger partial charge in [0.25, 0.3) is 0 Å². The zero-order chi connectivity index (χ0) is 22.0. The van der Waals surface area contributed by atoms with Crippen molar-refractivity contribution >= 4 is 28.5 Å². The van der Waals surface area contributed by atoms with Gasteiger partial charge >= 0.3 is 5.97 Å². The van der Waals surface area contributed by atoms with Crippen LogP contribution < -0.4 is 5.32 Å². The average molecular weight is 422 g/mol. The fraction of sp³-hybridized carbons (Fsp3) is 0.391. The Kier molecular flexibility index (Phi) is 5.99. The number of anilines is 1. The van der Waals surface area contributed by atoms with Crippen LogP contribution in [0.4, 0.5) is 5.82 Å². The monoisotopic (exact) mass is 421 g/mol. The van der Waals surface area contributed by atoms with Crippen molar-refractivity contribution in [2.24, 2.45) is 13.0 Å². The van der Waals surface area contributed by atoms with Crippen LogP contribution in [0.25, 0.3) is 22.0 Å². The highest BCUT2D eigenvalue weighted by Gasteiger charge is 2.26. The van der Waals surface area contributed by atoms with Crippen molar-refractivity contribution in [2.75, 3.05) is 32.1 Å². The van der Waals surface area contributed by atoms with E-state index in [2.05, 4.69) is 32.0 Å². The van der Waals surface area contributed by atoms with Gasteiger partial charge in [0.2, 0.25) is 5.91 Å². The van der Waals surface area contributed by atoms with Gasteiger partial charge in [-0.05, 0) is 50.4 Å². The molecule has 0 aliphatic carbocycles. The van der Waals surface area contributed by atoms with E-state index in [9.17, 15) is 9.59 Å². The van der Waals surface area contributed by atoms with E-state index in [-0.39, 0.29) is 24.3 Å². The second-order valence-corrected chi connectivity index (χ2v) is 8.00. The van der Waals surface area contributed by atoms with E-state index in [4.69, 9.17) is 4.74 Å². The number of benzene rings is 1. The van der Waals surface area contributed by atoms with E-state index < -0.39 is 0 Å². The second-order valence-electron chi connectivity index (χ2n) is 8.00. The number of rotatable bonds is 5. The number of amides is 1. The predicted molar refractivity (Wildman–Crippen MR) is 118 cm³/mol. The average Bonchev–Trinajstić information content (AvgIpc) is 3.12. The van der Waals surface area contributed by atoms with Crippen LogP contribution in [0.3, 0.4) is 0 Å². The maximum absolute atomic E-state index is 12.8. The summed E-state index contributed by atoms with van der Waals surface area (Å²) >= 11 is 0. The van der Waals surface area contributed by atoms with Gasteiger partial charge in [-0.25, -0.2) is 9.97 Å². The van der Waals surface area contributed by atoms with Gasteiger partial charge in [-0.2, -0.15) is 0 Å². The van der Waals surface area contributed by atoms with Gasteiger partial charge in [-0.3, -0.25) is 14.5 Å². The lowest BCUT2D eigenvalue weighted by molar-refractivity contribution is -0.142. The number of nitrogens with one attached hydrogen (secondary N) is 1. The predicted octanol–water partition coefficient (Wildman–Crippen LogP) is 2.77. The number of esters is 1. The number of aryl methyl sites for hydroxylation is 1. The number of carbonyl (C=O) groups excluding carboxylic acids is 2. The molecule has 8 heteroatoms. The van der Waals surface area contributed by atoms with Crippen molar-refractivity contribution in [3.63, 3.8) is 0 Å². The highest BCUT2D eigenvalue weighted by molar-refractivity contribution is 5.95. The Bertz CT molecular complexity index is 1120. The number of pyridine rings is 1. The number of imidazole rings is 1. The highest BCUT2D eigenvalue weighted by Crippen LogP contribution is 2.26. The summed E-state index contributed by atoms with van der Waals surface area (Å²) in [6.45, 7) is 3.65. The van der Waals surface area contributed by atoms with E-state index >= 15 is 0 Å². The molecule has 4 rings (SSSR count). The molecular weight excluding hydrogens is 394 g/mol. The molecule has 3 heterocycles. The van der Waals surface area contributed by atoms with Crippen molar-refractivity contribution in [1.82, 2.24) is 19.4 Å². The molecular formula is C23H27N5O3. The van der Waals surface area contributed by atoms with Gasteiger partial charge in [-0.15, -0.1) is 0 Å². The summed E-state index contributed by atoms with van der Waals surface area (Å²) < 4.78 is 6.77. The van der Waals surface area contributed by atoms with Crippen LogP contribution in [0.15, 0.2) is 36.7 Å². The molecule has 0 atom stereocenters. The minimum Gasteiger partial charge on any atom is -0.468 e. The molecule has 0 bridgehead atoms. The van der Waals surface area contributed by atoms with Crippen LogP contribution in [0.2, 0.25) is 0 Å². The smallest absolute Gasteiger partial charge is 0.319 e. The number of methoxy groups -OCH3 is 1. The summed E-state index contributed by atoms with van der Waals surface area (Å²) in [6, 6.07) is 8.09. The molecule has 1 saturated heterocycles. The molecule has 2 aromatic heterocycles. The van der Waals surface area contributed by atoms with E-state index in [1.165, 1.54) is 7.11 Å². The molecule has 3 aromatic rings. The molecule has 162 valence electrons. The summed E-state index contributed by atoms with van der Waals surface area (Å²) in [5.41, 5.74) is 2.11. The SMILES string of the molecule is COC(=O)CN1CCC(C(=O)Nc2cc3cc(-c4cnc(C)n4C)ccc3cn2)CC1. The first-order valence-corrected chi connectivity index (χ1v) is 10.4. The lowest BCUT2D eigenvalue weighted by Gasteiger charge is -2.30. The summed E-state index contributed by atoms with van der Waals surface area (Å²) in [6.07, 6.45) is 5.07. The van der Waals surface area contributed by atoms with Crippen molar-refractivity contribution in [1.29, 1.82) is 0 Å². The van der Waals surface area contributed by atoms with Crippen LogP contribution in [0, 0.1) is 12.8 Å². The first kappa shape index (κ1) is 21.0. The number of likely N-dealkylation sites (tertiary alicyclic amines) is 1. The summed E-state index contributed by atoms with van der Waals surface area (Å²) in [4.78, 5) is 35.0. The van der Waals surface area contributed by atoms with E-state index in [1.807, 2.05) is 37.2 Å². The standard InChI is InChI=1S/C23H27N5O3/c1-15-24-13-20(27(15)2)17-4-5-18-12-25-21(11-19(18)10-17)26-23(30)16-6-8-28(9-7-16)14-22(29)31-3/h4-5,10-13,16H,6-9,14H2,1-3H3,(H,25,26,30). The molecule has 8 nitrogen and oxygen atoms in total. The third-order valence-corrected chi connectivity index (χ3v) is 6.03. The topological polar surface area (TPSA) is 89.4 Å². The minimum absolute atomic E-state index is 0.0250. The molecule has 0 spiro atoms. The fourth-order valence-electron chi connectivity index (χ4n) is 3.97. The Morgan fingerprint density at radius 1 is 1.13 bits per heavy atom. The number of fused-ring (bicyclic) bond motifs is 1. The molecule has 1 fully saturated rings. The van der Waals surface area contributed by atoms with Crippen molar-refractivity contribution in [3.05, 3.63) is 42.5 Å². The van der Waals surface area contributed by atoms with Crippen LogP contribution in [-0.4, -0.2) is 58.1 Å². The highest BCUT2D eigenvalue weighted by atomic mass is 16.5. The zero-order valence-electron chi connectivity index (χ0n) is 18.1. The number of hydrogen-bond donors (Lipinski definition) is 1. The lowest BCUT2D eigenvalue weighted by Crippen LogP contribution is -2.40. The van der Waals surface area contributed by atoms with Gasteiger partial charge in [0.05, 0.1) is 25.5 Å². The van der Waals surface area contributed by atoms with Crippen LogP contribution in [0.5, 0.6) is 0 Å².